The fraction of sp³-hybridized carbons (Fsp3) is 0.696. The molecule has 0 aliphatic heterocycles. The van der Waals surface area contributed by atoms with Gasteiger partial charge in [0, 0.05) is 6.54 Å². The maximum atomic E-state index is 12.7. The van der Waals surface area contributed by atoms with Crippen LogP contribution in [0.1, 0.15) is 71.1 Å². The van der Waals surface area contributed by atoms with Gasteiger partial charge in [-0.05, 0) is 58.3 Å². The first-order chi connectivity index (χ1) is 13.5. The molecule has 0 aromatic heterocycles. The van der Waals surface area contributed by atoms with E-state index in [9.17, 15) is 4.79 Å². The number of unbranched alkanes of at least 4 members (excludes halogenated alkanes) is 4. The number of para-hydroxylation sites is 2. The van der Waals surface area contributed by atoms with Crippen LogP contribution in [0, 0.1) is 0 Å². The van der Waals surface area contributed by atoms with Gasteiger partial charge >= 0.3 is 6.09 Å². The molecule has 1 aromatic carbocycles. The molecule has 1 aliphatic carbocycles. The van der Waals surface area contributed by atoms with E-state index in [1.807, 2.05) is 38.4 Å². The number of ether oxygens (including phenoxy) is 2. The van der Waals surface area contributed by atoms with E-state index in [1.54, 1.807) is 0 Å². The molecular formula is C23H38N2O3. The summed E-state index contributed by atoms with van der Waals surface area (Å²) >= 11 is 0. The van der Waals surface area contributed by atoms with Crippen molar-refractivity contribution in [3.05, 3.63) is 24.3 Å². The Morgan fingerprint density at radius 2 is 1.79 bits per heavy atom. The molecule has 0 radical (unpaired) electrons. The number of carbonyl (C=O) groups excluding carboxylic acids is 1. The third-order valence-corrected chi connectivity index (χ3v) is 5.31. The first-order valence-electron chi connectivity index (χ1n) is 10.9. The van der Waals surface area contributed by atoms with E-state index in [4.69, 9.17) is 9.47 Å². The van der Waals surface area contributed by atoms with Crippen LogP contribution < -0.4 is 10.1 Å². The van der Waals surface area contributed by atoms with Crippen molar-refractivity contribution in [1.82, 2.24) is 4.90 Å². The molecule has 0 unspecified atom stereocenters. The van der Waals surface area contributed by atoms with Crippen LogP contribution in [0.15, 0.2) is 24.3 Å². The van der Waals surface area contributed by atoms with Crippen molar-refractivity contribution < 1.29 is 14.3 Å². The lowest BCUT2D eigenvalue weighted by Gasteiger charge is -2.38. The number of rotatable bonds is 11. The zero-order valence-electron chi connectivity index (χ0n) is 18.0. The highest BCUT2D eigenvalue weighted by atomic mass is 16.6. The highest BCUT2D eigenvalue weighted by Gasteiger charge is 2.36. The van der Waals surface area contributed by atoms with Gasteiger partial charge in [-0.2, -0.15) is 0 Å². The normalized spacial score (nSPS) is 16.0. The van der Waals surface area contributed by atoms with E-state index in [0.717, 1.165) is 38.6 Å². The number of nitrogens with zero attached hydrogens (tertiary/aromatic N) is 1. The van der Waals surface area contributed by atoms with Crippen molar-refractivity contribution in [3.8, 4) is 5.75 Å². The molecule has 0 heterocycles. The third-order valence-electron chi connectivity index (χ3n) is 5.31. The number of amides is 1. The Morgan fingerprint density at radius 1 is 1.07 bits per heavy atom. The Bertz CT molecular complexity index is 583. The van der Waals surface area contributed by atoms with Crippen LogP contribution in [-0.4, -0.2) is 43.8 Å². The van der Waals surface area contributed by atoms with Crippen LogP contribution in [0.3, 0.4) is 0 Å². The number of carbonyl (C=O) groups is 1. The van der Waals surface area contributed by atoms with Crippen molar-refractivity contribution in [1.29, 1.82) is 0 Å². The minimum atomic E-state index is -0.388. The molecule has 0 bridgehead atoms. The summed E-state index contributed by atoms with van der Waals surface area (Å²) in [5, 5.41) is 2.91. The van der Waals surface area contributed by atoms with Gasteiger partial charge in [0.15, 0.2) is 0 Å². The van der Waals surface area contributed by atoms with Gasteiger partial charge in [0.25, 0.3) is 0 Å². The molecule has 0 saturated heterocycles. The van der Waals surface area contributed by atoms with Gasteiger partial charge in [0.05, 0.1) is 12.3 Å². The van der Waals surface area contributed by atoms with Crippen molar-refractivity contribution in [2.75, 3.05) is 32.6 Å². The van der Waals surface area contributed by atoms with E-state index >= 15 is 0 Å². The van der Waals surface area contributed by atoms with E-state index in [2.05, 4.69) is 17.1 Å². The molecule has 5 nitrogen and oxygen atoms in total. The van der Waals surface area contributed by atoms with Gasteiger partial charge in [-0.3, -0.25) is 5.32 Å². The van der Waals surface area contributed by atoms with Gasteiger partial charge < -0.3 is 14.4 Å². The highest BCUT2D eigenvalue weighted by Crippen LogP contribution is 2.33. The molecule has 5 heteroatoms. The first kappa shape index (κ1) is 22.5. The van der Waals surface area contributed by atoms with Gasteiger partial charge in [0.2, 0.25) is 0 Å². The Balaban J connectivity index is 1.90. The fourth-order valence-corrected chi connectivity index (χ4v) is 3.98. The first-order valence-corrected chi connectivity index (χ1v) is 10.9. The van der Waals surface area contributed by atoms with Crippen LogP contribution in [0.5, 0.6) is 5.75 Å². The zero-order valence-corrected chi connectivity index (χ0v) is 18.0. The van der Waals surface area contributed by atoms with Crippen LogP contribution in [0.25, 0.3) is 0 Å². The molecule has 0 spiro atoms. The molecule has 2 rings (SSSR count). The van der Waals surface area contributed by atoms with E-state index in [0.29, 0.717) is 18.0 Å². The van der Waals surface area contributed by atoms with Crippen molar-refractivity contribution in [2.45, 2.75) is 76.7 Å². The minimum absolute atomic E-state index is 0.386. The van der Waals surface area contributed by atoms with Crippen LogP contribution >= 0.6 is 0 Å². The largest absolute Gasteiger partial charge is 0.491 e. The van der Waals surface area contributed by atoms with E-state index in [-0.39, 0.29) is 11.7 Å². The van der Waals surface area contributed by atoms with Crippen LogP contribution in [0.4, 0.5) is 10.5 Å². The Kier molecular flexibility index (Phi) is 9.62. The summed E-state index contributed by atoms with van der Waals surface area (Å²) in [7, 11) is 4.06. The number of benzene rings is 1. The number of anilines is 1. The number of hydrogen-bond donors (Lipinski definition) is 1. The smallest absolute Gasteiger partial charge is 0.412 e. The maximum Gasteiger partial charge on any atom is 0.412 e. The molecule has 1 N–H and O–H groups in total. The zero-order chi connectivity index (χ0) is 20.2. The average molecular weight is 391 g/mol. The molecule has 28 heavy (non-hydrogen) atoms. The van der Waals surface area contributed by atoms with Crippen LogP contribution in [-0.2, 0) is 4.74 Å². The Hall–Kier alpha value is -1.75. The number of likely N-dealkylation sites (N-methyl/N-ethyl adjacent to an activating group) is 1. The second-order valence-corrected chi connectivity index (χ2v) is 8.25. The predicted molar refractivity (Wildman–Crippen MR) is 115 cm³/mol. The SMILES string of the molecule is CCCCCCCOc1ccccc1NC(=O)OC1(CN(C)C)CCCCC1. The summed E-state index contributed by atoms with van der Waals surface area (Å²) < 4.78 is 11.9. The molecule has 1 saturated carbocycles. The maximum absolute atomic E-state index is 12.7. The molecule has 0 atom stereocenters. The van der Waals surface area contributed by atoms with Gasteiger partial charge in [-0.1, -0.05) is 51.2 Å². The van der Waals surface area contributed by atoms with Gasteiger partial charge in [0.1, 0.15) is 11.4 Å². The molecule has 1 amide bonds. The number of hydrogen-bond acceptors (Lipinski definition) is 4. The Morgan fingerprint density at radius 3 is 2.50 bits per heavy atom. The van der Waals surface area contributed by atoms with Crippen molar-refractivity contribution in [2.24, 2.45) is 0 Å². The van der Waals surface area contributed by atoms with Gasteiger partial charge in [-0.25, -0.2) is 4.79 Å². The predicted octanol–water partition coefficient (Wildman–Crippen LogP) is 5.85. The lowest BCUT2D eigenvalue weighted by atomic mass is 9.84. The lowest BCUT2D eigenvalue weighted by molar-refractivity contribution is -0.0261. The molecular weight excluding hydrogens is 352 g/mol. The molecule has 158 valence electrons. The van der Waals surface area contributed by atoms with Crippen LogP contribution in [0.2, 0.25) is 0 Å². The fourth-order valence-electron chi connectivity index (χ4n) is 3.98. The summed E-state index contributed by atoms with van der Waals surface area (Å²) in [6, 6.07) is 7.60. The monoisotopic (exact) mass is 390 g/mol. The average Bonchev–Trinajstić information content (AvgIpc) is 2.65. The lowest BCUT2D eigenvalue weighted by Crippen LogP contribution is -2.46. The number of nitrogens with one attached hydrogen (secondary N) is 1. The molecule has 1 aromatic rings. The standard InChI is InChI=1S/C23H38N2O3/c1-4-5-6-7-13-18-27-21-15-10-9-14-20(21)24-22(26)28-23(19-25(2)3)16-11-8-12-17-23/h9-10,14-15H,4-8,11-13,16-19H2,1-3H3,(H,24,26). The second-order valence-electron chi connectivity index (χ2n) is 8.25. The summed E-state index contributed by atoms with van der Waals surface area (Å²) in [4.78, 5) is 14.8. The van der Waals surface area contributed by atoms with Crippen molar-refractivity contribution >= 4 is 11.8 Å². The summed E-state index contributed by atoms with van der Waals surface area (Å²) in [6.07, 6.45) is 10.9. The summed E-state index contributed by atoms with van der Waals surface area (Å²) in [6.45, 7) is 3.64. The summed E-state index contributed by atoms with van der Waals surface area (Å²) in [5.74, 6) is 0.709. The minimum Gasteiger partial charge on any atom is -0.491 e. The quantitative estimate of drug-likeness (QED) is 0.482. The van der Waals surface area contributed by atoms with E-state index < -0.39 is 0 Å². The topological polar surface area (TPSA) is 50.8 Å². The van der Waals surface area contributed by atoms with Crippen molar-refractivity contribution in [3.63, 3.8) is 0 Å². The second kappa shape index (κ2) is 11.9. The molecule has 1 fully saturated rings. The molecule has 1 aliphatic rings. The Labute approximate surface area is 170 Å². The highest BCUT2D eigenvalue weighted by molar-refractivity contribution is 5.87. The third kappa shape index (κ3) is 7.70. The summed E-state index contributed by atoms with van der Waals surface area (Å²) in [5.41, 5.74) is 0.290. The van der Waals surface area contributed by atoms with E-state index in [1.165, 1.54) is 32.1 Å². The van der Waals surface area contributed by atoms with Gasteiger partial charge in [-0.15, -0.1) is 0 Å².